The number of rotatable bonds is 1. The molecule has 3 rings (SSSR count). The molecular formula is C13H14BClF2O4. The van der Waals surface area contributed by atoms with Gasteiger partial charge >= 0.3 is 13.4 Å². The SMILES string of the molecule is CC1(C)OB(c2cc3c(cc2Cl)OC(F)(F)O3)OC1(C)C. The Bertz CT molecular complexity index is 590. The Kier molecular flexibility index (Phi) is 3.00. The second-order valence-electron chi connectivity index (χ2n) is 6.08. The van der Waals surface area contributed by atoms with Crippen molar-refractivity contribution in [3.63, 3.8) is 0 Å². The Morgan fingerprint density at radius 1 is 0.952 bits per heavy atom. The van der Waals surface area contributed by atoms with Gasteiger partial charge in [-0.2, -0.15) is 0 Å². The highest BCUT2D eigenvalue weighted by Crippen LogP contribution is 2.43. The Morgan fingerprint density at radius 2 is 1.43 bits per heavy atom. The van der Waals surface area contributed by atoms with Crippen LogP contribution in [-0.4, -0.2) is 24.6 Å². The van der Waals surface area contributed by atoms with Crippen LogP contribution in [0.1, 0.15) is 27.7 Å². The number of benzene rings is 1. The van der Waals surface area contributed by atoms with Crippen LogP contribution in [0.3, 0.4) is 0 Å². The van der Waals surface area contributed by atoms with Crippen molar-refractivity contribution in [2.75, 3.05) is 0 Å². The van der Waals surface area contributed by atoms with E-state index in [2.05, 4.69) is 9.47 Å². The molecular weight excluding hydrogens is 304 g/mol. The van der Waals surface area contributed by atoms with Gasteiger partial charge < -0.3 is 18.8 Å². The van der Waals surface area contributed by atoms with Gasteiger partial charge in [0.05, 0.1) is 11.2 Å². The molecule has 0 N–H and O–H groups in total. The Balaban J connectivity index is 1.96. The molecule has 0 radical (unpaired) electrons. The quantitative estimate of drug-likeness (QED) is 0.746. The summed E-state index contributed by atoms with van der Waals surface area (Å²) in [5.74, 6) is -0.195. The molecule has 2 aliphatic rings. The summed E-state index contributed by atoms with van der Waals surface area (Å²) in [6, 6.07) is 2.64. The minimum atomic E-state index is -3.68. The predicted octanol–water partition coefficient (Wildman–Crippen LogP) is 2.96. The van der Waals surface area contributed by atoms with E-state index in [1.165, 1.54) is 12.1 Å². The van der Waals surface area contributed by atoms with Crippen molar-refractivity contribution in [2.45, 2.75) is 45.2 Å². The molecule has 2 heterocycles. The molecule has 1 fully saturated rings. The van der Waals surface area contributed by atoms with Gasteiger partial charge in [0.1, 0.15) is 0 Å². The van der Waals surface area contributed by atoms with E-state index in [0.717, 1.165) is 0 Å². The van der Waals surface area contributed by atoms with Crippen molar-refractivity contribution < 1.29 is 27.6 Å². The summed E-state index contributed by atoms with van der Waals surface area (Å²) in [7, 11) is -0.759. The number of alkyl halides is 2. The first kappa shape index (κ1) is 14.9. The lowest BCUT2D eigenvalue weighted by atomic mass is 9.79. The zero-order chi connectivity index (χ0) is 15.6. The molecule has 0 aromatic heterocycles. The maximum Gasteiger partial charge on any atom is 0.586 e. The fourth-order valence-corrected chi connectivity index (χ4v) is 2.38. The van der Waals surface area contributed by atoms with Crippen LogP contribution in [0.25, 0.3) is 0 Å². The van der Waals surface area contributed by atoms with Gasteiger partial charge in [0.2, 0.25) is 0 Å². The third-order valence-corrected chi connectivity index (χ3v) is 4.36. The van der Waals surface area contributed by atoms with Gasteiger partial charge in [-0.1, -0.05) is 11.6 Å². The Hall–Kier alpha value is -1.05. The number of ether oxygens (including phenoxy) is 2. The zero-order valence-electron chi connectivity index (χ0n) is 12.0. The van der Waals surface area contributed by atoms with Crippen molar-refractivity contribution in [3.8, 4) is 11.5 Å². The van der Waals surface area contributed by atoms with E-state index in [-0.39, 0.29) is 16.5 Å². The summed E-state index contributed by atoms with van der Waals surface area (Å²) in [4.78, 5) is 0. The van der Waals surface area contributed by atoms with Crippen molar-refractivity contribution in [1.82, 2.24) is 0 Å². The molecule has 114 valence electrons. The van der Waals surface area contributed by atoms with Crippen LogP contribution >= 0.6 is 11.6 Å². The average Bonchev–Trinajstić information content (AvgIpc) is 2.69. The van der Waals surface area contributed by atoms with E-state index in [9.17, 15) is 8.78 Å². The summed E-state index contributed by atoms with van der Waals surface area (Å²) in [6.07, 6.45) is -3.68. The van der Waals surface area contributed by atoms with E-state index in [1.54, 1.807) is 0 Å². The van der Waals surface area contributed by atoms with E-state index in [0.29, 0.717) is 5.46 Å². The lowest BCUT2D eigenvalue weighted by molar-refractivity contribution is -0.286. The lowest BCUT2D eigenvalue weighted by Crippen LogP contribution is -2.41. The van der Waals surface area contributed by atoms with Crippen LogP contribution in [-0.2, 0) is 9.31 Å². The standard InChI is InChI=1S/C13H14BClF2O4/c1-11(2)12(3,4)21-14(20-11)7-5-9-10(6-8(7)15)19-13(16,17)18-9/h5-6H,1-4H3. The summed E-state index contributed by atoms with van der Waals surface area (Å²) >= 11 is 6.13. The number of fused-ring (bicyclic) bond motifs is 1. The van der Waals surface area contributed by atoms with Gasteiger partial charge in [-0.05, 0) is 33.8 Å². The predicted molar refractivity (Wildman–Crippen MR) is 73.4 cm³/mol. The van der Waals surface area contributed by atoms with Crippen LogP contribution < -0.4 is 14.9 Å². The zero-order valence-corrected chi connectivity index (χ0v) is 12.8. The van der Waals surface area contributed by atoms with Gasteiger partial charge in [0, 0.05) is 16.6 Å². The van der Waals surface area contributed by atoms with Crippen molar-refractivity contribution >= 4 is 24.2 Å². The first-order valence-electron chi connectivity index (χ1n) is 6.46. The van der Waals surface area contributed by atoms with Crippen LogP contribution in [0.5, 0.6) is 11.5 Å². The first-order chi connectivity index (χ1) is 9.51. The van der Waals surface area contributed by atoms with E-state index >= 15 is 0 Å². The number of hydrogen-bond donors (Lipinski definition) is 0. The van der Waals surface area contributed by atoms with E-state index in [1.807, 2.05) is 27.7 Å². The molecule has 21 heavy (non-hydrogen) atoms. The number of halogens is 3. The smallest absolute Gasteiger partial charge is 0.399 e. The van der Waals surface area contributed by atoms with Gasteiger partial charge in [-0.3, -0.25) is 0 Å². The first-order valence-corrected chi connectivity index (χ1v) is 6.83. The molecule has 1 aromatic carbocycles. The second-order valence-corrected chi connectivity index (χ2v) is 6.48. The molecule has 8 heteroatoms. The molecule has 0 spiro atoms. The van der Waals surface area contributed by atoms with Gasteiger partial charge in [0.15, 0.2) is 11.5 Å². The molecule has 1 aromatic rings. The highest BCUT2D eigenvalue weighted by atomic mass is 35.5. The molecule has 0 amide bonds. The molecule has 0 saturated carbocycles. The topological polar surface area (TPSA) is 36.9 Å². The van der Waals surface area contributed by atoms with Gasteiger partial charge in [-0.25, -0.2) is 0 Å². The lowest BCUT2D eigenvalue weighted by Gasteiger charge is -2.32. The number of hydrogen-bond acceptors (Lipinski definition) is 4. The fourth-order valence-electron chi connectivity index (χ4n) is 2.14. The van der Waals surface area contributed by atoms with Crippen molar-refractivity contribution in [1.29, 1.82) is 0 Å². The monoisotopic (exact) mass is 318 g/mol. The normalized spacial score (nSPS) is 24.4. The molecule has 4 nitrogen and oxygen atoms in total. The van der Waals surface area contributed by atoms with Crippen LogP contribution in [0.4, 0.5) is 8.78 Å². The molecule has 0 aliphatic carbocycles. The fraction of sp³-hybridized carbons (Fsp3) is 0.538. The Morgan fingerprint density at radius 3 is 1.95 bits per heavy atom. The minimum absolute atomic E-state index is 0.0888. The third-order valence-electron chi connectivity index (χ3n) is 4.03. The summed E-state index contributed by atoms with van der Waals surface area (Å²) in [5.41, 5.74) is -0.682. The molecule has 2 aliphatic heterocycles. The third kappa shape index (κ3) is 2.37. The molecule has 0 unspecified atom stereocenters. The molecule has 0 bridgehead atoms. The summed E-state index contributed by atoms with van der Waals surface area (Å²) in [5, 5.41) is 0.216. The molecule has 0 atom stereocenters. The van der Waals surface area contributed by atoms with Crippen LogP contribution in [0.15, 0.2) is 12.1 Å². The maximum absolute atomic E-state index is 13.1. The maximum atomic E-state index is 13.1. The second kappa shape index (κ2) is 4.24. The highest BCUT2D eigenvalue weighted by Gasteiger charge is 2.53. The summed E-state index contributed by atoms with van der Waals surface area (Å²) in [6.45, 7) is 7.56. The van der Waals surface area contributed by atoms with Gasteiger partial charge in [-0.15, -0.1) is 8.78 Å². The Labute approximate surface area is 126 Å². The molecule has 1 saturated heterocycles. The average molecular weight is 319 g/mol. The van der Waals surface area contributed by atoms with E-state index in [4.69, 9.17) is 20.9 Å². The van der Waals surface area contributed by atoms with Crippen molar-refractivity contribution in [2.24, 2.45) is 0 Å². The minimum Gasteiger partial charge on any atom is -0.399 e. The highest BCUT2D eigenvalue weighted by molar-refractivity contribution is 6.65. The van der Waals surface area contributed by atoms with Gasteiger partial charge in [0.25, 0.3) is 0 Å². The summed E-state index contributed by atoms with van der Waals surface area (Å²) < 4.78 is 46.6. The van der Waals surface area contributed by atoms with E-state index < -0.39 is 24.6 Å². The van der Waals surface area contributed by atoms with Crippen LogP contribution in [0, 0.1) is 0 Å². The largest absolute Gasteiger partial charge is 0.586 e. The van der Waals surface area contributed by atoms with Crippen molar-refractivity contribution in [3.05, 3.63) is 17.2 Å². The van der Waals surface area contributed by atoms with Crippen LogP contribution in [0.2, 0.25) is 5.02 Å².